The number of thioether (sulfide) groups is 2. The van der Waals surface area contributed by atoms with Gasteiger partial charge >= 0.3 is 0 Å². The third-order valence-corrected chi connectivity index (χ3v) is 6.89. The van der Waals surface area contributed by atoms with Crippen LogP contribution >= 0.6 is 46.2 Å². The van der Waals surface area contributed by atoms with Gasteiger partial charge in [-0.25, -0.2) is 0 Å². The van der Waals surface area contributed by atoms with Gasteiger partial charge < -0.3 is 0 Å². The van der Waals surface area contributed by atoms with Gasteiger partial charge in [0, 0.05) is 0 Å². The molecule has 4 aromatic heterocycles. The molecular formula is C15H13N7OS4. The predicted octanol–water partition coefficient (Wildman–Crippen LogP) is 3.55. The van der Waals surface area contributed by atoms with Crippen molar-refractivity contribution in [1.82, 2.24) is 30.0 Å². The molecule has 0 unspecified atom stereocenters. The summed E-state index contributed by atoms with van der Waals surface area (Å²) in [6.45, 7) is 2.05. The highest BCUT2D eigenvalue weighted by Gasteiger charge is 2.13. The van der Waals surface area contributed by atoms with E-state index < -0.39 is 0 Å². The SMILES string of the molecule is CCSc1nnc(NC(=O)CSc2ccc3nnc(-c4cccs4)n3n2)s1. The van der Waals surface area contributed by atoms with E-state index in [4.69, 9.17) is 0 Å². The van der Waals surface area contributed by atoms with E-state index in [9.17, 15) is 4.79 Å². The summed E-state index contributed by atoms with van der Waals surface area (Å²) in [5.74, 6) is 1.70. The van der Waals surface area contributed by atoms with Gasteiger partial charge in [0.15, 0.2) is 15.8 Å². The molecule has 0 aliphatic heterocycles. The average molecular weight is 436 g/mol. The number of hydrogen-bond donors (Lipinski definition) is 1. The number of nitrogens with one attached hydrogen (secondary N) is 1. The molecule has 4 heterocycles. The summed E-state index contributed by atoms with van der Waals surface area (Å²) >= 11 is 5.90. The summed E-state index contributed by atoms with van der Waals surface area (Å²) in [6.07, 6.45) is 0. The second kappa shape index (κ2) is 8.33. The smallest absolute Gasteiger partial charge is 0.236 e. The van der Waals surface area contributed by atoms with Crippen LogP contribution in [0.1, 0.15) is 6.92 Å². The molecule has 0 radical (unpaired) electrons. The maximum atomic E-state index is 12.2. The number of rotatable bonds is 7. The van der Waals surface area contributed by atoms with Crippen molar-refractivity contribution in [3.8, 4) is 10.7 Å². The van der Waals surface area contributed by atoms with Crippen molar-refractivity contribution >= 4 is 62.9 Å². The van der Waals surface area contributed by atoms with Crippen LogP contribution in [0.15, 0.2) is 39.0 Å². The second-order valence-corrected chi connectivity index (χ2v) is 9.52. The quantitative estimate of drug-likeness (QED) is 0.348. The Bertz CT molecular complexity index is 1060. The van der Waals surface area contributed by atoms with Crippen LogP contribution in [0.3, 0.4) is 0 Å². The third kappa shape index (κ3) is 4.29. The van der Waals surface area contributed by atoms with E-state index in [-0.39, 0.29) is 11.7 Å². The summed E-state index contributed by atoms with van der Waals surface area (Å²) in [7, 11) is 0. The average Bonchev–Trinajstić information content (AvgIpc) is 3.40. The first-order valence-corrected chi connectivity index (χ1v) is 11.5. The maximum Gasteiger partial charge on any atom is 0.236 e. The van der Waals surface area contributed by atoms with Crippen molar-refractivity contribution in [2.24, 2.45) is 0 Å². The van der Waals surface area contributed by atoms with Crippen molar-refractivity contribution < 1.29 is 4.79 Å². The fraction of sp³-hybridized carbons (Fsp3) is 0.200. The van der Waals surface area contributed by atoms with Gasteiger partial charge in [0.1, 0.15) is 5.03 Å². The van der Waals surface area contributed by atoms with Crippen LogP contribution in [0.25, 0.3) is 16.3 Å². The Morgan fingerprint density at radius 1 is 1.19 bits per heavy atom. The number of nitrogens with zero attached hydrogens (tertiary/aromatic N) is 6. The minimum absolute atomic E-state index is 0.145. The van der Waals surface area contributed by atoms with Crippen molar-refractivity contribution in [3.63, 3.8) is 0 Å². The maximum absolute atomic E-state index is 12.2. The Kier molecular flexibility index (Phi) is 5.66. The van der Waals surface area contributed by atoms with Crippen LogP contribution in [-0.4, -0.2) is 47.4 Å². The number of thiophene rings is 1. The monoisotopic (exact) mass is 435 g/mol. The van der Waals surface area contributed by atoms with Gasteiger partial charge in [-0.15, -0.1) is 31.7 Å². The minimum atomic E-state index is -0.145. The van der Waals surface area contributed by atoms with Crippen LogP contribution in [0, 0.1) is 0 Å². The Morgan fingerprint density at radius 2 is 2.11 bits per heavy atom. The molecule has 0 spiro atoms. The lowest BCUT2D eigenvalue weighted by Gasteiger charge is -2.02. The molecule has 27 heavy (non-hydrogen) atoms. The fourth-order valence-corrected chi connectivity index (χ4v) is 5.16. The van der Waals surface area contributed by atoms with E-state index in [1.54, 1.807) is 27.6 Å². The molecule has 8 nitrogen and oxygen atoms in total. The van der Waals surface area contributed by atoms with E-state index >= 15 is 0 Å². The molecule has 0 saturated heterocycles. The van der Waals surface area contributed by atoms with E-state index in [0.717, 1.165) is 20.0 Å². The first kappa shape index (κ1) is 18.3. The fourth-order valence-electron chi connectivity index (χ4n) is 2.15. The molecule has 1 N–H and O–H groups in total. The molecule has 4 aromatic rings. The number of anilines is 1. The van der Waals surface area contributed by atoms with Gasteiger partial charge in [0.2, 0.25) is 11.0 Å². The van der Waals surface area contributed by atoms with Crippen LogP contribution in [-0.2, 0) is 4.79 Å². The number of aromatic nitrogens is 6. The predicted molar refractivity (Wildman–Crippen MR) is 110 cm³/mol. The minimum Gasteiger partial charge on any atom is -0.300 e. The lowest BCUT2D eigenvalue weighted by Crippen LogP contribution is -2.14. The molecule has 138 valence electrons. The largest absolute Gasteiger partial charge is 0.300 e. The molecule has 0 saturated carbocycles. The van der Waals surface area contributed by atoms with Crippen molar-refractivity contribution in [3.05, 3.63) is 29.6 Å². The molecular weight excluding hydrogens is 422 g/mol. The molecule has 4 rings (SSSR count). The first-order valence-electron chi connectivity index (χ1n) is 7.88. The topological polar surface area (TPSA) is 98.0 Å². The van der Waals surface area contributed by atoms with Gasteiger partial charge in [0.05, 0.1) is 10.6 Å². The Labute approximate surface area is 170 Å². The zero-order valence-corrected chi connectivity index (χ0v) is 17.3. The standard InChI is InChI=1S/C15H13N7OS4/c1-2-24-15-20-19-14(27-15)16-11(23)8-26-12-6-5-10-17-18-13(22(10)21-12)9-4-3-7-25-9/h3-7H,2,8H2,1H3,(H,16,19,23). The zero-order valence-electron chi connectivity index (χ0n) is 14.0. The number of carbonyl (C=O) groups is 1. The molecule has 1 amide bonds. The summed E-state index contributed by atoms with van der Waals surface area (Å²) in [4.78, 5) is 13.2. The van der Waals surface area contributed by atoms with Gasteiger partial charge in [0.25, 0.3) is 0 Å². The number of carbonyl (C=O) groups excluding carboxylic acids is 1. The molecule has 0 aromatic carbocycles. The summed E-state index contributed by atoms with van der Waals surface area (Å²) in [5.41, 5.74) is 0.669. The van der Waals surface area contributed by atoms with Crippen LogP contribution in [0.5, 0.6) is 0 Å². The van der Waals surface area contributed by atoms with Crippen LogP contribution < -0.4 is 5.32 Å². The Hall–Kier alpha value is -2.02. The summed E-state index contributed by atoms with van der Waals surface area (Å²) < 4.78 is 2.55. The molecule has 12 heteroatoms. The number of fused-ring (bicyclic) bond motifs is 1. The van der Waals surface area contributed by atoms with E-state index in [2.05, 4.69) is 30.8 Å². The summed E-state index contributed by atoms with van der Waals surface area (Å²) in [6, 6.07) is 7.61. The first-order chi connectivity index (χ1) is 13.2. The van der Waals surface area contributed by atoms with Crippen molar-refractivity contribution in [1.29, 1.82) is 0 Å². The summed E-state index contributed by atoms with van der Waals surface area (Å²) in [5, 5.41) is 26.9. The number of hydrogen-bond acceptors (Lipinski definition) is 10. The van der Waals surface area contributed by atoms with Gasteiger partial charge in [-0.2, -0.15) is 9.61 Å². The van der Waals surface area contributed by atoms with Crippen LogP contribution in [0.4, 0.5) is 5.13 Å². The molecule has 0 aliphatic rings. The van der Waals surface area contributed by atoms with Crippen LogP contribution in [0.2, 0.25) is 0 Å². The van der Waals surface area contributed by atoms with E-state index in [0.29, 0.717) is 16.6 Å². The van der Waals surface area contributed by atoms with Gasteiger partial charge in [-0.3, -0.25) is 10.1 Å². The van der Waals surface area contributed by atoms with Crippen molar-refractivity contribution in [2.45, 2.75) is 16.3 Å². The highest BCUT2D eigenvalue weighted by atomic mass is 32.2. The highest BCUT2D eigenvalue weighted by molar-refractivity contribution is 8.01. The Balaban J connectivity index is 1.42. The lowest BCUT2D eigenvalue weighted by atomic mass is 10.4. The second-order valence-electron chi connectivity index (χ2n) is 5.09. The van der Waals surface area contributed by atoms with E-state index in [1.165, 1.54) is 23.1 Å². The molecule has 0 atom stereocenters. The lowest BCUT2D eigenvalue weighted by molar-refractivity contribution is -0.113. The number of amides is 1. The van der Waals surface area contributed by atoms with E-state index in [1.807, 2.05) is 36.6 Å². The zero-order chi connectivity index (χ0) is 18.6. The van der Waals surface area contributed by atoms with Gasteiger partial charge in [-0.1, -0.05) is 47.9 Å². The molecule has 0 fully saturated rings. The Morgan fingerprint density at radius 3 is 2.93 bits per heavy atom. The van der Waals surface area contributed by atoms with Gasteiger partial charge in [-0.05, 0) is 29.3 Å². The third-order valence-electron chi connectivity index (χ3n) is 3.25. The van der Waals surface area contributed by atoms with Crippen molar-refractivity contribution in [2.75, 3.05) is 16.8 Å². The highest BCUT2D eigenvalue weighted by Crippen LogP contribution is 2.26. The molecule has 0 aliphatic carbocycles. The normalized spacial score (nSPS) is 11.1. The molecule has 0 bridgehead atoms.